The fraction of sp³-hybridized carbons (Fsp3) is 0.667. The third-order valence-electron chi connectivity index (χ3n) is 2.83. The SMILES string of the molecule is CC(C)N(CCCC(=O)O)C(C)c1cncs1. The van der Waals surface area contributed by atoms with E-state index in [2.05, 4.69) is 30.7 Å². The van der Waals surface area contributed by atoms with E-state index in [1.54, 1.807) is 11.3 Å². The van der Waals surface area contributed by atoms with Crippen molar-refractivity contribution < 1.29 is 9.90 Å². The normalized spacial score (nSPS) is 13.2. The minimum atomic E-state index is -0.723. The second kappa shape index (κ2) is 6.71. The van der Waals surface area contributed by atoms with E-state index < -0.39 is 5.97 Å². The molecule has 1 N–H and O–H groups in total. The van der Waals surface area contributed by atoms with Crippen molar-refractivity contribution in [3.63, 3.8) is 0 Å². The average molecular weight is 256 g/mol. The van der Waals surface area contributed by atoms with Gasteiger partial charge in [-0.05, 0) is 33.7 Å². The lowest BCUT2D eigenvalue weighted by Gasteiger charge is -2.31. The second-order valence-electron chi connectivity index (χ2n) is 4.41. The number of hydrogen-bond donors (Lipinski definition) is 1. The van der Waals surface area contributed by atoms with Crippen LogP contribution in [0.25, 0.3) is 0 Å². The van der Waals surface area contributed by atoms with Crippen molar-refractivity contribution in [2.24, 2.45) is 0 Å². The van der Waals surface area contributed by atoms with Crippen LogP contribution in [0, 0.1) is 0 Å². The topological polar surface area (TPSA) is 53.4 Å². The van der Waals surface area contributed by atoms with Crippen molar-refractivity contribution >= 4 is 17.3 Å². The third-order valence-corrected chi connectivity index (χ3v) is 3.78. The molecule has 1 heterocycles. The van der Waals surface area contributed by atoms with Crippen molar-refractivity contribution in [1.29, 1.82) is 0 Å². The first kappa shape index (κ1) is 14.1. The highest BCUT2D eigenvalue weighted by atomic mass is 32.1. The van der Waals surface area contributed by atoms with E-state index in [1.807, 2.05) is 11.7 Å². The summed E-state index contributed by atoms with van der Waals surface area (Å²) in [6, 6.07) is 0.706. The zero-order valence-corrected chi connectivity index (χ0v) is 11.4. The molecule has 1 rings (SSSR count). The number of rotatable bonds is 7. The highest BCUT2D eigenvalue weighted by molar-refractivity contribution is 7.09. The maximum absolute atomic E-state index is 10.5. The monoisotopic (exact) mass is 256 g/mol. The molecule has 1 aromatic rings. The van der Waals surface area contributed by atoms with Crippen molar-refractivity contribution in [3.05, 3.63) is 16.6 Å². The van der Waals surface area contributed by atoms with E-state index in [-0.39, 0.29) is 6.42 Å². The summed E-state index contributed by atoms with van der Waals surface area (Å²) in [4.78, 5) is 18.2. The smallest absolute Gasteiger partial charge is 0.303 e. The Hall–Kier alpha value is -0.940. The van der Waals surface area contributed by atoms with E-state index in [9.17, 15) is 4.79 Å². The molecule has 17 heavy (non-hydrogen) atoms. The first-order chi connectivity index (χ1) is 8.02. The number of aliphatic carboxylic acids is 1. The van der Waals surface area contributed by atoms with Gasteiger partial charge in [0.25, 0.3) is 0 Å². The molecule has 1 atom stereocenters. The van der Waals surface area contributed by atoms with Crippen molar-refractivity contribution in [3.8, 4) is 0 Å². The molecule has 0 radical (unpaired) electrons. The predicted octanol–water partition coefficient (Wildman–Crippen LogP) is 2.78. The highest BCUT2D eigenvalue weighted by Crippen LogP contribution is 2.25. The van der Waals surface area contributed by atoms with Gasteiger partial charge < -0.3 is 5.11 Å². The molecule has 0 spiro atoms. The van der Waals surface area contributed by atoms with Gasteiger partial charge in [-0.1, -0.05) is 0 Å². The van der Waals surface area contributed by atoms with Gasteiger partial charge in [0.2, 0.25) is 0 Å². The molecule has 1 unspecified atom stereocenters. The summed E-state index contributed by atoms with van der Waals surface area (Å²) in [6.07, 6.45) is 2.82. The van der Waals surface area contributed by atoms with Gasteiger partial charge in [0.15, 0.2) is 0 Å². The molecule has 0 saturated carbocycles. The molecule has 4 nitrogen and oxygen atoms in total. The molecule has 0 aliphatic carbocycles. The van der Waals surface area contributed by atoms with Crippen LogP contribution in [-0.2, 0) is 4.79 Å². The van der Waals surface area contributed by atoms with E-state index in [1.165, 1.54) is 4.88 Å². The van der Waals surface area contributed by atoms with E-state index >= 15 is 0 Å². The van der Waals surface area contributed by atoms with Gasteiger partial charge in [0.05, 0.1) is 5.51 Å². The van der Waals surface area contributed by atoms with Gasteiger partial charge in [-0.2, -0.15) is 0 Å². The number of nitrogens with zero attached hydrogens (tertiary/aromatic N) is 2. The summed E-state index contributed by atoms with van der Waals surface area (Å²) in [6.45, 7) is 7.23. The molecule has 96 valence electrons. The molecule has 0 saturated heterocycles. The quantitative estimate of drug-likeness (QED) is 0.815. The fourth-order valence-corrected chi connectivity index (χ4v) is 2.60. The number of carboxylic acid groups (broad SMARTS) is 1. The largest absolute Gasteiger partial charge is 0.481 e. The second-order valence-corrected chi connectivity index (χ2v) is 5.33. The number of hydrogen-bond acceptors (Lipinski definition) is 4. The van der Waals surface area contributed by atoms with E-state index in [4.69, 9.17) is 5.11 Å². The number of thiazole rings is 1. The summed E-state index contributed by atoms with van der Waals surface area (Å²) in [7, 11) is 0. The van der Waals surface area contributed by atoms with Gasteiger partial charge >= 0.3 is 5.97 Å². The zero-order chi connectivity index (χ0) is 12.8. The summed E-state index contributed by atoms with van der Waals surface area (Å²) in [5.74, 6) is -0.723. The van der Waals surface area contributed by atoms with Crippen LogP contribution in [0.1, 0.15) is 44.5 Å². The summed E-state index contributed by atoms with van der Waals surface area (Å²) < 4.78 is 0. The van der Waals surface area contributed by atoms with E-state index in [0.29, 0.717) is 18.5 Å². The van der Waals surface area contributed by atoms with Gasteiger partial charge in [-0.3, -0.25) is 14.7 Å². The zero-order valence-electron chi connectivity index (χ0n) is 10.6. The Morgan fingerprint density at radius 1 is 1.53 bits per heavy atom. The molecule has 0 amide bonds. The fourth-order valence-electron chi connectivity index (χ4n) is 1.91. The Balaban J connectivity index is 2.56. The predicted molar refractivity (Wildman–Crippen MR) is 69.2 cm³/mol. The molecule has 0 bridgehead atoms. The van der Waals surface area contributed by atoms with Crippen LogP contribution in [0.2, 0.25) is 0 Å². The Labute approximate surface area is 106 Å². The first-order valence-electron chi connectivity index (χ1n) is 5.88. The minimum Gasteiger partial charge on any atom is -0.481 e. The maximum atomic E-state index is 10.5. The van der Waals surface area contributed by atoms with Crippen LogP contribution in [-0.4, -0.2) is 33.5 Å². The molecule has 0 fully saturated rings. The van der Waals surface area contributed by atoms with Crippen LogP contribution in [0.5, 0.6) is 0 Å². The Bertz CT molecular complexity index is 338. The summed E-state index contributed by atoms with van der Waals surface area (Å²) >= 11 is 1.65. The highest BCUT2D eigenvalue weighted by Gasteiger charge is 2.19. The summed E-state index contributed by atoms with van der Waals surface area (Å²) in [5, 5.41) is 8.66. The molecular formula is C12H20N2O2S. The number of carboxylic acids is 1. The minimum absolute atomic E-state index is 0.235. The Kier molecular flexibility index (Phi) is 5.58. The van der Waals surface area contributed by atoms with Crippen molar-refractivity contribution in [2.45, 2.75) is 45.7 Å². The van der Waals surface area contributed by atoms with Gasteiger partial charge in [-0.15, -0.1) is 11.3 Å². The Morgan fingerprint density at radius 2 is 2.24 bits per heavy atom. The van der Waals surface area contributed by atoms with Gasteiger partial charge in [0.1, 0.15) is 0 Å². The van der Waals surface area contributed by atoms with Crippen LogP contribution < -0.4 is 0 Å². The standard InChI is InChI=1S/C12H20N2O2S/c1-9(2)14(6-4-5-12(15)16)10(3)11-7-13-8-17-11/h7-10H,4-6H2,1-3H3,(H,15,16). The van der Waals surface area contributed by atoms with Crippen molar-refractivity contribution in [2.75, 3.05) is 6.54 Å². The van der Waals surface area contributed by atoms with Crippen LogP contribution >= 0.6 is 11.3 Å². The number of carbonyl (C=O) groups is 1. The maximum Gasteiger partial charge on any atom is 0.303 e. The third kappa shape index (κ3) is 4.44. The molecular weight excluding hydrogens is 236 g/mol. The lowest BCUT2D eigenvalue weighted by Crippen LogP contribution is -2.34. The lowest BCUT2D eigenvalue weighted by atomic mass is 10.1. The van der Waals surface area contributed by atoms with E-state index in [0.717, 1.165) is 6.54 Å². The van der Waals surface area contributed by atoms with Gasteiger partial charge in [-0.25, -0.2) is 0 Å². The average Bonchev–Trinajstić information content (AvgIpc) is 2.75. The Morgan fingerprint density at radius 3 is 2.71 bits per heavy atom. The number of aromatic nitrogens is 1. The van der Waals surface area contributed by atoms with Crippen molar-refractivity contribution in [1.82, 2.24) is 9.88 Å². The molecule has 0 aliphatic heterocycles. The van der Waals surface area contributed by atoms with Crippen LogP contribution in [0.3, 0.4) is 0 Å². The molecule has 1 aromatic heterocycles. The van der Waals surface area contributed by atoms with Crippen LogP contribution in [0.4, 0.5) is 0 Å². The summed E-state index contributed by atoms with van der Waals surface area (Å²) in [5.41, 5.74) is 1.83. The first-order valence-corrected chi connectivity index (χ1v) is 6.76. The lowest BCUT2D eigenvalue weighted by molar-refractivity contribution is -0.137. The molecule has 0 aromatic carbocycles. The van der Waals surface area contributed by atoms with Gasteiger partial charge in [0, 0.05) is 29.6 Å². The molecule has 5 heteroatoms. The van der Waals surface area contributed by atoms with Crippen LogP contribution in [0.15, 0.2) is 11.7 Å². The molecule has 0 aliphatic rings.